The smallest absolute Gasteiger partial charge is 0.174 e. The number of benzene rings is 2. The molecular weight excluding hydrogens is 443 g/mol. The Kier molecular flexibility index (Phi) is 5.70. The van der Waals surface area contributed by atoms with Crippen molar-refractivity contribution in [2.24, 2.45) is 0 Å². The van der Waals surface area contributed by atoms with Crippen molar-refractivity contribution in [2.45, 2.75) is 39.8 Å². The van der Waals surface area contributed by atoms with Crippen molar-refractivity contribution in [1.29, 1.82) is 0 Å². The molecule has 6 heteroatoms. The first-order valence-electron chi connectivity index (χ1n) is 11.4. The number of halogens is 1. The summed E-state index contributed by atoms with van der Waals surface area (Å²) in [7, 11) is 0. The van der Waals surface area contributed by atoms with Crippen molar-refractivity contribution in [3.63, 3.8) is 0 Å². The highest BCUT2D eigenvalue weighted by molar-refractivity contribution is 7.80. The van der Waals surface area contributed by atoms with Gasteiger partial charge in [-0.05, 0) is 86.9 Å². The first-order valence-corrected chi connectivity index (χ1v) is 11.8. The second kappa shape index (κ2) is 8.69. The van der Waals surface area contributed by atoms with Crippen LogP contribution in [0, 0.1) is 33.5 Å². The third kappa shape index (κ3) is 3.59. The van der Waals surface area contributed by atoms with Crippen molar-refractivity contribution >= 4 is 23.0 Å². The van der Waals surface area contributed by atoms with E-state index in [9.17, 15) is 0 Å². The van der Waals surface area contributed by atoms with Crippen molar-refractivity contribution in [1.82, 2.24) is 14.9 Å². The van der Waals surface area contributed by atoms with Crippen molar-refractivity contribution in [2.75, 3.05) is 4.90 Å². The van der Waals surface area contributed by atoms with Crippen LogP contribution >= 0.6 is 12.2 Å². The first-order chi connectivity index (χ1) is 16.4. The van der Waals surface area contributed by atoms with Crippen LogP contribution in [-0.4, -0.2) is 14.7 Å². The molecule has 1 N–H and O–H groups in total. The van der Waals surface area contributed by atoms with E-state index < -0.39 is 0 Å². The van der Waals surface area contributed by atoms with E-state index in [1.807, 2.05) is 29.2 Å². The van der Waals surface area contributed by atoms with Gasteiger partial charge in [0.05, 0.1) is 29.2 Å². The Hall–Kier alpha value is -3.51. The number of nitrogens with zero attached hydrogens (tertiary/aromatic N) is 3. The predicted octanol–water partition coefficient (Wildman–Crippen LogP) is 6.42. The molecule has 172 valence electrons. The topological polar surface area (TPSA) is 33.1 Å². The van der Waals surface area contributed by atoms with Crippen LogP contribution in [0.15, 0.2) is 72.9 Å². The number of hydrogen-bond acceptors (Lipinski definition) is 2. The summed E-state index contributed by atoms with van der Waals surface area (Å²) in [5.74, 6) is -0.304. The van der Waals surface area contributed by atoms with Gasteiger partial charge in [-0.3, -0.25) is 4.98 Å². The van der Waals surface area contributed by atoms with Crippen LogP contribution in [0.3, 0.4) is 0 Å². The summed E-state index contributed by atoms with van der Waals surface area (Å²) in [6.45, 7) is 8.52. The number of aryl methyl sites for hydroxylation is 3. The number of para-hydroxylation sites is 2. The molecule has 0 unspecified atom stereocenters. The number of rotatable bonds is 4. The maximum absolute atomic E-state index is 15.0. The second-order valence-electron chi connectivity index (χ2n) is 8.85. The molecule has 0 aliphatic carbocycles. The van der Waals surface area contributed by atoms with Crippen LogP contribution in [0.25, 0.3) is 5.69 Å². The molecule has 4 nitrogen and oxygen atoms in total. The summed E-state index contributed by atoms with van der Waals surface area (Å²) in [5, 5.41) is 3.92. The Labute approximate surface area is 205 Å². The van der Waals surface area contributed by atoms with E-state index in [1.165, 1.54) is 22.9 Å². The average Bonchev–Trinajstić information content (AvgIpc) is 3.31. The monoisotopic (exact) mass is 470 g/mol. The minimum Gasteiger partial charge on any atom is -0.351 e. The van der Waals surface area contributed by atoms with Gasteiger partial charge in [0.25, 0.3) is 0 Å². The van der Waals surface area contributed by atoms with E-state index in [4.69, 9.17) is 12.2 Å². The zero-order valence-electron chi connectivity index (χ0n) is 19.7. The molecule has 2 aromatic carbocycles. The molecule has 1 saturated heterocycles. The van der Waals surface area contributed by atoms with Gasteiger partial charge in [0, 0.05) is 17.6 Å². The van der Waals surface area contributed by atoms with Crippen molar-refractivity contribution < 1.29 is 4.39 Å². The molecule has 1 aliphatic heterocycles. The van der Waals surface area contributed by atoms with Crippen LogP contribution < -0.4 is 10.2 Å². The molecule has 2 aromatic heterocycles. The van der Waals surface area contributed by atoms with Gasteiger partial charge in [-0.2, -0.15) is 0 Å². The van der Waals surface area contributed by atoms with Gasteiger partial charge < -0.3 is 14.8 Å². The lowest BCUT2D eigenvalue weighted by Gasteiger charge is -2.28. The maximum Gasteiger partial charge on any atom is 0.174 e. The normalized spacial score (nSPS) is 17.8. The molecule has 1 aliphatic rings. The molecule has 1 fully saturated rings. The summed E-state index contributed by atoms with van der Waals surface area (Å²) >= 11 is 5.77. The quantitative estimate of drug-likeness (QED) is 0.349. The van der Waals surface area contributed by atoms with E-state index in [1.54, 1.807) is 18.3 Å². The van der Waals surface area contributed by atoms with Gasteiger partial charge in [0.1, 0.15) is 5.82 Å². The molecule has 0 spiro atoms. The van der Waals surface area contributed by atoms with Crippen LogP contribution in [0.4, 0.5) is 10.1 Å². The lowest BCUT2D eigenvalue weighted by atomic mass is 9.96. The SMILES string of the molecule is Cc1cccc(C)c1-n1c(C)cc([C@H]2[C@H](c3ccccn3)NC(=S)N2c2ccccc2F)c1C. The fourth-order valence-electron chi connectivity index (χ4n) is 5.17. The zero-order chi connectivity index (χ0) is 24.0. The molecule has 0 radical (unpaired) electrons. The van der Waals surface area contributed by atoms with Gasteiger partial charge in [0.2, 0.25) is 0 Å². The lowest BCUT2D eigenvalue weighted by molar-refractivity contribution is 0.556. The van der Waals surface area contributed by atoms with Crippen LogP contribution in [0.5, 0.6) is 0 Å². The molecular formula is C28H27FN4S. The van der Waals surface area contributed by atoms with Gasteiger partial charge >= 0.3 is 0 Å². The fraction of sp³-hybridized carbons (Fsp3) is 0.214. The molecule has 0 amide bonds. The van der Waals surface area contributed by atoms with E-state index >= 15 is 4.39 Å². The largest absolute Gasteiger partial charge is 0.351 e. The molecule has 0 saturated carbocycles. The van der Waals surface area contributed by atoms with E-state index in [0.29, 0.717) is 10.8 Å². The van der Waals surface area contributed by atoms with Crippen LogP contribution in [0.1, 0.15) is 45.9 Å². The highest BCUT2D eigenvalue weighted by Gasteiger charge is 2.43. The number of hydrogen-bond donors (Lipinski definition) is 1. The number of nitrogens with one attached hydrogen (secondary N) is 1. The van der Waals surface area contributed by atoms with Gasteiger partial charge in [-0.25, -0.2) is 4.39 Å². The Morgan fingerprint density at radius 2 is 1.62 bits per heavy atom. The van der Waals surface area contributed by atoms with E-state index in [-0.39, 0.29) is 17.9 Å². The minimum absolute atomic E-state index is 0.222. The zero-order valence-corrected chi connectivity index (χ0v) is 20.5. The third-order valence-electron chi connectivity index (χ3n) is 6.66. The summed E-state index contributed by atoms with van der Waals surface area (Å²) in [5.41, 5.74) is 8.24. The maximum atomic E-state index is 15.0. The van der Waals surface area contributed by atoms with E-state index in [0.717, 1.165) is 22.6 Å². The molecule has 2 atom stereocenters. The summed E-state index contributed by atoms with van der Waals surface area (Å²) in [4.78, 5) is 6.52. The minimum atomic E-state index is -0.304. The van der Waals surface area contributed by atoms with Crippen molar-refractivity contribution in [3.8, 4) is 5.69 Å². The molecule has 34 heavy (non-hydrogen) atoms. The Bertz CT molecular complexity index is 1360. The highest BCUT2D eigenvalue weighted by atomic mass is 32.1. The Balaban J connectivity index is 1.73. The fourth-order valence-corrected chi connectivity index (χ4v) is 5.51. The third-order valence-corrected chi connectivity index (χ3v) is 6.98. The van der Waals surface area contributed by atoms with Crippen LogP contribution in [0.2, 0.25) is 0 Å². The number of aromatic nitrogens is 2. The standard InChI is InChI=1S/C28H27FN4S/c1-17-10-9-11-18(2)26(17)32-19(3)16-21(20(32)4)27-25(23-13-7-8-15-30-23)31-28(34)33(27)24-14-6-5-12-22(24)29/h5-16,25,27H,1-4H3,(H,31,34)/t25-,27-/m0/s1. The van der Waals surface area contributed by atoms with Crippen LogP contribution in [-0.2, 0) is 0 Å². The van der Waals surface area contributed by atoms with E-state index in [2.05, 4.69) is 66.8 Å². The second-order valence-corrected chi connectivity index (χ2v) is 9.24. The molecule has 5 rings (SSSR count). The summed E-state index contributed by atoms with van der Waals surface area (Å²) < 4.78 is 17.3. The number of pyridine rings is 1. The molecule has 0 bridgehead atoms. The lowest BCUT2D eigenvalue weighted by Crippen LogP contribution is -2.30. The predicted molar refractivity (Wildman–Crippen MR) is 139 cm³/mol. The highest BCUT2D eigenvalue weighted by Crippen LogP contribution is 2.44. The molecule has 3 heterocycles. The Morgan fingerprint density at radius 3 is 2.29 bits per heavy atom. The van der Waals surface area contributed by atoms with Gasteiger partial charge in [-0.1, -0.05) is 36.4 Å². The molecule has 4 aromatic rings. The summed E-state index contributed by atoms with van der Waals surface area (Å²) in [6.07, 6.45) is 1.78. The first kappa shape index (κ1) is 22.3. The van der Waals surface area contributed by atoms with Gasteiger partial charge in [0.15, 0.2) is 5.11 Å². The Morgan fingerprint density at radius 1 is 0.912 bits per heavy atom. The van der Waals surface area contributed by atoms with Gasteiger partial charge in [-0.15, -0.1) is 0 Å². The van der Waals surface area contributed by atoms with Crippen molar-refractivity contribution in [3.05, 3.63) is 113 Å². The summed E-state index contributed by atoms with van der Waals surface area (Å²) in [6, 6.07) is 20.7. The average molecular weight is 471 g/mol. The number of anilines is 1. The number of thiocarbonyl (C=S) groups is 1.